The molecular weight excluding hydrogens is 1720 g/mol. The lowest BCUT2D eigenvalue weighted by Gasteiger charge is -2.12. The van der Waals surface area contributed by atoms with Gasteiger partial charge in [0, 0.05) is 82.9 Å². The molecule has 0 fully saturated rings. The molecule has 0 atom stereocenters. The third-order valence-corrected chi connectivity index (χ3v) is 29.0. The van der Waals surface area contributed by atoms with Gasteiger partial charge in [0.2, 0.25) is 0 Å². The van der Waals surface area contributed by atoms with Gasteiger partial charge >= 0.3 is 0 Å². The van der Waals surface area contributed by atoms with Crippen LogP contribution in [-0.4, -0.2) is 44.9 Å². The first-order valence-corrected chi connectivity index (χ1v) is 48.2. The van der Waals surface area contributed by atoms with E-state index >= 15 is 0 Å². The van der Waals surface area contributed by atoms with Crippen LogP contribution in [0.25, 0.3) is 261 Å². The molecule has 0 bridgehead atoms. The van der Waals surface area contributed by atoms with E-state index < -0.39 is 0 Å². The van der Waals surface area contributed by atoms with Crippen LogP contribution in [0.4, 0.5) is 0 Å². The van der Waals surface area contributed by atoms with Crippen LogP contribution in [0.1, 0.15) is 0 Å². The minimum absolute atomic E-state index is 0.703. The lowest BCUT2D eigenvalue weighted by Crippen LogP contribution is -1.96. The molecule has 640 valence electrons. The molecule has 0 aliphatic heterocycles. The Morgan fingerprint density at radius 3 is 0.934 bits per heavy atom. The molecule has 6 aromatic heterocycles. The van der Waals surface area contributed by atoms with Crippen molar-refractivity contribution in [2.45, 2.75) is 0 Å². The standard InChI is InChI=1S/C45H27N3S.C43H27N3S.C37H23N3S/c1-2-11-31(12-3-1)45-48-39-24-22-30-18-19-33-26-35(21-23-37(33)42(30)43(39)49-45)44-46-40(34-20-17-28-9-4-5-13-32(28)25-34)27-41(47-44)38-16-8-14-29-10-6-7-15-36(29)38;1-4-10-28(11-5-1)29-16-18-31(19-17-29)38-27-37(30-12-6-2-7-13-30)44-42(45-38)35-22-24-36-34(26-35)21-20-32-23-25-39-41(40(32)36)46-43(47-39)33-14-8-3-9-15-33;1-4-10-24(11-5-1)31-23-32(25-12-6-2-7-13-25)39-36(38-31)29-18-20-30-28(22-29)17-16-26-19-21-33-35(34(26)30)40-37(41-33)27-14-8-3-9-15-27/h1-27H;1-27H;1-23H. The van der Waals surface area contributed by atoms with Crippen molar-refractivity contribution < 1.29 is 0 Å². The number of aromatic nitrogens is 9. The maximum atomic E-state index is 5.25. The summed E-state index contributed by atoms with van der Waals surface area (Å²) in [6.45, 7) is 0. The van der Waals surface area contributed by atoms with Crippen molar-refractivity contribution in [2.24, 2.45) is 0 Å². The fourth-order valence-corrected chi connectivity index (χ4v) is 21.9. The average molecular weight is 1800 g/mol. The summed E-state index contributed by atoms with van der Waals surface area (Å²) in [7, 11) is 0. The minimum atomic E-state index is 0.703. The molecule has 9 nitrogen and oxygen atoms in total. The first-order valence-electron chi connectivity index (χ1n) is 45.7. The van der Waals surface area contributed by atoms with Gasteiger partial charge in [0.15, 0.2) is 17.5 Å². The first-order chi connectivity index (χ1) is 67.8. The van der Waals surface area contributed by atoms with E-state index in [1.165, 1.54) is 95.2 Å². The van der Waals surface area contributed by atoms with E-state index in [0.717, 1.165) is 149 Å². The molecule has 21 aromatic carbocycles. The zero-order valence-electron chi connectivity index (χ0n) is 73.7. The van der Waals surface area contributed by atoms with E-state index in [4.69, 9.17) is 44.9 Å². The molecule has 0 N–H and O–H groups in total. The molecule has 0 spiro atoms. The minimum Gasteiger partial charge on any atom is -0.236 e. The van der Waals surface area contributed by atoms with Gasteiger partial charge in [-0.15, -0.1) is 34.0 Å². The molecule has 137 heavy (non-hydrogen) atoms. The van der Waals surface area contributed by atoms with Gasteiger partial charge in [0.25, 0.3) is 0 Å². The molecule has 6 heterocycles. The first kappa shape index (κ1) is 81.6. The third-order valence-electron chi connectivity index (χ3n) is 25.7. The van der Waals surface area contributed by atoms with Gasteiger partial charge in [0.1, 0.15) is 15.0 Å². The summed E-state index contributed by atoms with van der Waals surface area (Å²) in [4.78, 5) is 46.1. The fourth-order valence-electron chi connectivity index (χ4n) is 18.8. The number of benzene rings is 21. The number of nitrogens with zero attached hydrogens (tertiary/aromatic N) is 9. The summed E-state index contributed by atoms with van der Waals surface area (Å²) in [5, 5.41) is 22.1. The molecule has 0 aliphatic carbocycles. The van der Waals surface area contributed by atoms with Crippen LogP contribution in [0, 0.1) is 0 Å². The van der Waals surface area contributed by atoms with Gasteiger partial charge in [-0.1, -0.05) is 406 Å². The van der Waals surface area contributed by atoms with Gasteiger partial charge in [-0.25, -0.2) is 44.9 Å². The third kappa shape index (κ3) is 15.9. The normalized spacial score (nSPS) is 11.5. The Bertz CT molecular complexity index is 9260. The Morgan fingerprint density at radius 1 is 0.153 bits per heavy atom. The second-order valence-corrected chi connectivity index (χ2v) is 37.3. The highest BCUT2D eigenvalue weighted by Crippen LogP contribution is 2.45. The number of rotatable bonds is 13. The topological polar surface area (TPSA) is 116 Å². The highest BCUT2D eigenvalue weighted by Gasteiger charge is 2.22. The van der Waals surface area contributed by atoms with Crippen molar-refractivity contribution >= 4 is 151 Å². The van der Waals surface area contributed by atoms with E-state index in [1.807, 2.05) is 66.7 Å². The van der Waals surface area contributed by atoms with Crippen LogP contribution in [0.2, 0.25) is 0 Å². The number of fused-ring (bicyclic) bond motifs is 17. The SMILES string of the molecule is c1ccc(-c2cc(-c3ccccc3)nc(-c3ccc4c(ccc5ccc6sc(-c7ccccc7)nc6c54)c3)n2)cc1.c1ccc(-c2ccc(-c3cc(-c4ccccc4)nc(-c4ccc5c(ccc6ccc7sc(-c8ccccc8)nc7c65)c4)n3)cc2)cc1.c1ccc(-c2nc3ccc4ccc5cc(-c6nc(-c7ccc8ccccc8c7)cc(-c7cccc8ccccc78)n6)ccc5c4c3s2)cc1. The maximum absolute atomic E-state index is 5.25. The molecule has 0 radical (unpaired) electrons. The summed E-state index contributed by atoms with van der Waals surface area (Å²) in [5.74, 6) is 2.12. The van der Waals surface area contributed by atoms with Crippen LogP contribution in [0.3, 0.4) is 0 Å². The quantitative estimate of drug-likeness (QED) is 0.104. The van der Waals surface area contributed by atoms with Crippen molar-refractivity contribution in [1.29, 1.82) is 0 Å². The Labute approximate surface area is 801 Å². The predicted molar refractivity (Wildman–Crippen MR) is 576 cm³/mol. The lowest BCUT2D eigenvalue weighted by molar-refractivity contribution is 1.18. The second kappa shape index (κ2) is 35.3. The van der Waals surface area contributed by atoms with Crippen LogP contribution in [0.15, 0.2) is 467 Å². The Morgan fingerprint density at radius 2 is 0.460 bits per heavy atom. The number of thiazole rings is 3. The Hall–Kier alpha value is -17.4. The molecule has 0 amide bonds. The van der Waals surface area contributed by atoms with E-state index in [9.17, 15) is 0 Å². The largest absolute Gasteiger partial charge is 0.236 e. The van der Waals surface area contributed by atoms with Crippen LogP contribution >= 0.6 is 34.0 Å². The van der Waals surface area contributed by atoms with Crippen LogP contribution in [0.5, 0.6) is 0 Å². The van der Waals surface area contributed by atoms with E-state index in [-0.39, 0.29) is 0 Å². The highest BCUT2D eigenvalue weighted by atomic mass is 32.1. The van der Waals surface area contributed by atoms with Crippen molar-refractivity contribution in [3.8, 4) is 145 Å². The summed E-state index contributed by atoms with van der Waals surface area (Å²) in [6.07, 6.45) is 0. The van der Waals surface area contributed by atoms with E-state index in [0.29, 0.717) is 17.5 Å². The van der Waals surface area contributed by atoms with Gasteiger partial charge < -0.3 is 0 Å². The number of hydrogen-bond acceptors (Lipinski definition) is 12. The average Bonchev–Trinajstić information content (AvgIpc) is 1.67. The van der Waals surface area contributed by atoms with Gasteiger partial charge in [-0.3, -0.25) is 0 Å². The summed E-state index contributed by atoms with van der Waals surface area (Å²) in [6, 6.07) is 164. The van der Waals surface area contributed by atoms with Gasteiger partial charge in [-0.2, -0.15) is 0 Å². The van der Waals surface area contributed by atoms with E-state index in [2.05, 4.69) is 400 Å². The van der Waals surface area contributed by atoms with Crippen molar-refractivity contribution in [3.05, 3.63) is 467 Å². The summed E-state index contributed by atoms with van der Waals surface area (Å²) >= 11 is 5.24. The monoisotopic (exact) mass is 1800 g/mol. The second-order valence-electron chi connectivity index (χ2n) is 34.2. The van der Waals surface area contributed by atoms with Crippen LogP contribution < -0.4 is 0 Å². The van der Waals surface area contributed by atoms with Gasteiger partial charge in [0.05, 0.1) is 64.8 Å². The molecule has 12 heteroatoms. The molecule has 27 aromatic rings. The molecule has 0 saturated carbocycles. The Kier molecular flexibility index (Phi) is 21.0. The molecule has 0 aliphatic rings. The van der Waals surface area contributed by atoms with Gasteiger partial charge in [-0.05, 0) is 142 Å². The smallest absolute Gasteiger partial charge is 0.160 e. The van der Waals surface area contributed by atoms with Crippen molar-refractivity contribution in [3.63, 3.8) is 0 Å². The number of hydrogen-bond donors (Lipinski definition) is 0. The fraction of sp³-hybridized carbons (Fsp3) is 0. The summed E-state index contributed by atoms with van der Waals surface area (Å²) < 4.78 is 3.59. The highest BCUT2D eigenvalue weighted by molar-refractivity contribution is 7.23. The lowest BCUT2D eigenvalue weighted by atomic mass is 9.98. The molecule has 0 unspecified atom stereocenters. The van der Waals surface area contributed by atoms with Crippen molar-refractivity contribution in [2.75, 3.05) is 0 Å². The molecule has 27 rings (SSSR count). The Balaban J connectivity index is 0.000000110. The molecule has 0 saturated heterocycles. The zero-order valence-corrected chi connectivity index (χ0v) is 76.2. The zero-order chi connectivity index (χ0) is 90.6. The predicted octanol–water partition coefficient (Wildman–Crippen LogP) is 34.2. The van der Waals surface area contributed by atoms with Crippen LogP contribution in [-0.2, 0) is 0 Å². The van der Waals surface area contributed by atoms with Crippen molar-refractivity contribution in [1.82, 2.24) is 44.9 Å². The maximum Gasteiger partial charge on any atom is 0.160 e. The summed E-state index contributed by atoms with van der Waals surface area (Å²) in [5.41, 5.74) is 23.7. The van der Waals surface area contributed by atoms with E-state index in [1.54, 1.807) is 34.0 Å². The molecular formula is C125H77N9S3.